The molecular formula is C14H20BrN3O. The molecule has 0 spiro atoms. The zero-order valence-electron chi connectivity index (χ0n) is 11.8. The topological polar surface area (TPSA) is 43.0 Å². The number of hydrogen-bond acceptors (Lipinski definition) is 3. The summed E-state index contributed by atoms with van der Waals surface area (Å²) in [4.78, 5) is 0. The fourth-order valence-corrected chi connectivity index (χ4v) is 2.87. The van der Waals surface area contributed by atoms with Gasteiger partial charge in [-0.3, -0.25) is 4.68 Å². The molecule has 1 unspecified atom stereocenters. The summed E-state index contributed by atoms with van der Waals surface area (Å²) in [5.74, 6) is 1.02. The average Bonchev–Trinajstić information content (AvgIpc) is 2.98. The minimum Gasteiger partial charge on any atom is -0.469 e. The molecule has 0 saturated heterocycles. The maximum absolute atomic E-state index is 5.55. The van der Waals surface area contributed by atoms with E-state index in [4.69, 9.17) is 4.42 Å². The van der Waals surface area contributed by atoms with E-state index < -0.39 is 0 Å². The maximum Gasteiger partial charge on any atom is 0.108 e. The molecule has 0 fully saturated rings. The van der Waals surface area contributed by atoms with Gasteiger partial charge >= 0.3 is 0 Å². The van der Waals surface area contributed by atoms with Gasteiger partial charge in [0, 0.05) is 18.0 Å². The first-order valence-corrected chi connectivity index (χ1v) is 7.35. The number of rotatable bonds is 5. The summed E-state index contributed by atoms with van der Waals surface area (Å²) in [5.41, 5.74) is 2.31. The first kappa shape index (κ1) is 14.3. The second kappa shape index (κ2) is 5.92. The van der Waals surface area contributed by atoms with Crippen molar-refractivity contribution in [2.45, 2.75) is 39.3 Å². The molecule has 5 heteroatoms. The van der Waals surface area contributed by atoms with Crippen LogP contribution < -0.4 is 5.32 Å². The van der Waals surface area contributed by atoms with Crippen LogP contribution >= 0.6 is 15.9 Å². The van der Waals surface area contributed by atoms with E-state index in [0.717, 1.165) is 22.3 Å². The molecule has 0 amide bonds. The summed E-state index contributed by atoms with van der Waals surface area (Å²) >= 11 is 3.60. The number of nitrogens with zero attached hydrogens (tertiary/aromatic N) is 2. The number of aromatic nitrogens is 2. The Bertz CT molecular complexity index is 545. The average molecular weight is 326 g/mol. The summed E-state index contributed by atoms with van der Waals surface area (Å²) in [5, 5.41) is 7.82. The van der Waals surface area contributed by atoms with E-state index in [1.165, 1.54) is 5.56 Å². The Kier molecular flexibility index (Phi) is 4.47. The highest BCUT2D eigenvalue weighted by Gasteiger charge is 2.24. The molecule has 19 heavy (non-hydrogen) atoms. The smallest absolute Gasteiger partial charge is 0.108 e. The fourth-order valence-electron chi connectivity index (χ4n) is 2.37. The van der Waals surface area contributed by atoms with Gasteiger partial charge in [-0.25, -0.2) is 0 Å². The zero-order chi connectivity index (χ0) is 14.0. The Morgan fingerprint density at radius 1 is 1.47 bits per heavy atom. The van der Waals surface area contributed by atoms with Gasteiger partial charge in [-0.2, -0.15) is 5.10 Å². The quantitative estimate of drug-likeness (QED) is 0.911. The number of nitrogens with one attached hydrogen (secondary N) is 1. The van der Waals surface area contributed by atoms with E-state index >= 15 is 0 Å². The summed E-state index contributed by atoms with van der Waals surface area (Å²) < 4.78 is 8.61. The molecule has 0 aliphatic rings. The van der Waals surface area contributed by atoms with E-state index in [0.29, 0.717) is 6.04 Å². The van der Waals surface area contributed by atoms with Crippen LogP contribution in [-0.4, -0.2) is 16.8 Å². The van der Waals surface area contributed by atoms with E-state index in [2.05, 4.69) is 47.1 Å². The Hall–Kier alpha value is -1.07. The third kappa shape index (κ3) is 2.62. The van der Waals surface area contributed by atoms with Crippen LogP contribution in [0.25, 0.3) is 0 Å². The van der Waals surface area contributed by atoms with Crippen LogP contribution in [0.2, 0.25) is 0 Å². The third-order valence-electron chi connectivity index (χ3n) is 3.25. The van der Waals surface area contributed by atoms with Gasteiger partial charge in [-0.1, -0.05) is 6.92 Å². The second-order valence-electron chi connectivity index (χ2n) is 4.79. The maximum atomic E-state index is 5.55. The SMILES string of the molecule is CCc1occc1C(NC)c1c(Br)cnn1C(C)C. The standard InChI is InChI=1S/C14H20BrN3O/c1-5-12-10(6-7-19-12)13(16-4)14-11(15)8-17-18(14)9(2)3/h6-9,13,16H,5H2,1-4H3. The number of hydrogen-bond donors (Lipinski definition) is 1. The summed E-state index contributed by atoms with van der Waals surface area (Å²) in [6.45, 7) is 6.36. The third-order valence-corrected chi connectivity index (χ3v) is 3.86. The molecule has 0 aromatic carbocycles. The van der Waals surface area contributed by atoms with Crippen molar-refractivity contribution in [2.75, 3.05) is 7.05 Å². The van der Waals surface area contributed by atoms with Crippen LogP contribution in [0.3, 0.4) is 0 Å². The highest BCUT2D eigenvalue weighted by molar-refractivity contribution is 9.10. The van der Waals surface area contributed by atoms with Crippen molar-refractivity contribution in [3.8, 4) is 0 Å². The predicted octanol–water partition coefficient (Wildman–Crippen LogP) is 3.69. The molecule has 0 aliphatic heterocycles. The molecular weight excluding hydrogens is 306 g/mol. The van der Waals surface area contributed by atoms with Crippen molar-refractivity contribution in [3.05, 3.63) is 40.0 Å². The number of furan rings is 1. The molecule has 2 heterocycles. The minimum absolute atomic E-state index is 0.0768. The first-order chi connectivity index (χ1) is 9.10. The van der Waals surface area contributed by atoms with Crippen LogP contribution in [0.1, 0.15) is 49.9 Å². The van der Waals surface area contributed by atoms with E-state index in [1.807, 2.05) is 24.0 Å². The Labute approximate surface area is 122 Å². The van der Waals surface area contributed by atoms with Gasteiger partial charge in [0.25, 0.3) is 0 Å². The van der Waals surface area contributed by atoms with Gasteiger partial charge in [0.05, 0.1) is 28.7 Å². The van der Waals surface area contributed by atoms with Gasteiger partial charge < -0.3 is 9.73 Å². The van der Waals surface area contributed by atoms with Gasteiger partial charge in [-0.15, -0.1) is 0 Å². The summed E-state index contributed by atoms with van der Waals surface area (Å²) in [6.07, 6.45) is 4.49. The van der Waals surface area contributed by atoms with Crippen molar-refractivity contribution in [1.82, 2.24) is 15.1 Å². The highest BCUT2D eigenvalue weighted by Crippen LogP contribution is 2.32. The lowest BCUT2D eigenvalue weighted by molar-refractivity contribution is 0.471. The first-order valence-electron chi connectivity index (χ1n) is 6.56. The lowest BCUT2D eigenvalue weighted by atomic mass is 10.0. The van der Waals surface area contributed by atoms with E-state index in [9.17, 15) is 0 Å². The summed E-state index contributed by atoms with van der Waals surface area (Å²) in [7, 11) is 1.96. The summed E-state index contributed by atoms with van der Waals surface area (Å²) in [6, 6.07) is 2.42. The van der Waals surface area contributed by atoms with Gasteiger partial charge in [0.1, 0.15) is 5.76 Å². The second-order valence-corrected chi connectivity index (χ2v) is 5.64. The molecule has 2 aromatic rings. The van der Waals surface area contributed by atoms with Crippen LogP contribution in [-0.2, 0) is 6.42 Å². The molecule has 0 aliphatic carbocycles. The van der Waals surface area contributed by atoms with Crippen LogP contribution in [0, 0.1) is 0 Å². The largest absolute Gasteiger partial charge is 0.469 e. The molecule has 4 nitrogen and oxygen atoms in total. The fraction of sp³-hybridized carbons (Fsp3) is 0.500. The zero-order valence-corrected chi connectivity index (χ0v) is 13.4. The molecule has 2 aromatic heterocycles. The molecule has 1 atom stereocenters. The molecule has 104 valence electrons. The molecule has 0 radical (unpaired) electrons. The van der Waals surface area contributed by atoms with Crippen molar-refractivity contribution < 1.29 is 4.42 Å². The van der Waals surface area contributed by atoms with E-state index in [1.54, 1.807) is 6.26 Å². The Morgan fingerprint density at radius 3 is 2.79 bits per heavy atom. The minimum atomic E-state index is 0.0768. The Balaban J connectivity index is 2.51. The Morgan fingerprint density at radius 2 is 2.21 bits per heavy atom. The van der Waals surface area contributed by atoms with Crippen molar-refractivity contribution in [1.29, 1.82) is 0 Å². The predicted molar refractivity (Wildman–Crippen MR) is 79.3 cm³/mol. The van der Waals surface area contributed by atoms with Crippen LogP contribution in [0.5, 0.6) is 0 Å². The normalized spacial score (nSPS) is 13.2. The lowest BCUT2D eigenvalue weighted by Crippen LogP contribution is -2.23. The monoisotopic (exact) mass is 325 g/mol. The van der Waals surface area contributed by atoms with Crippen molar-refractivity contribution >= 4 is 15.9 Å². The van der Waals surface area contributed by atoms with Gasteiger partial charge in [0.15, 0.2) is 0 Å². The number of aryl methyl sites for hydroxylation is 1. The van der Waals surface area contributed by atoms with Gasteiger partial charge in [-0.05, 0) is 42.9 Å². The van der Waals surface area contributed by atoms with Crippen LogP contribution in [0.15, 0.2) is 27.4 Å². The molecule has 1 N–H and O–H groups in total. The lowest BCUT2D eigenvalue weighted by Gasteiger charge is -2.20. The van der Waals surface area contributed by atoms with Gasteiger partial charge in [0.2, 0.25) is 0 Å². The van der Waals surface area contributed by atoms with Crippen LogP contribution in [0.4, 0.5) is 0 Å². The highest BCUT2D eigenvalue weighted by atomic mass is 79.9. The van der Waals surface area contributed by atoms with Crippen molar-refractivity contribution in [2.24, 2.45) is 0 Å². The number of halogens is 1. The van der Waals surface area contributed by atoms with Crippen molar-refractivity contribution in [3.63, 3.8) is 0 Å². The van der Waals surface area contributed by atoms with E-state index in [-0.39, 0.29) is 6.04 Å². The molecule has 2 rings (SSSR count). The molecule has 0 bridgehead atoms. The molecule has 0 saturated carbocycles.